The standard InChI is InChI=1S/C23H23ClFN3O2/c24-16-6-1-4-14(10-16)11-18(26)13-21(29)19-8-3-9-20(19)23-27-22(28-30-23)15-5-2-7-17(25)12-15/h1-2,4-7,10,12,18-20H,3,8-9,11,13,26H2/t18-,19?,20-/m1/s1. The van der Waals surface area contributed by atoms with Crippen LogP contribution in [0.4, 0.5) is 4.39 Å². The molecule has 1 aromatic heterocycles. The van der Waals surface area contributed by atoms with Crippen molar-refractivity contribution in [1.29, 1.82) is 0 Å². The second-order valence-electron chi connectivity index (χ2n) is 7.88. The van der Waals surface area contributed by atoms with E-state index >= 15 is 0 Å². The van der Waals surface area contributed by atoms with E-state index in [9.17, 15) is 9.18 Å². The molecule has 0 radical (unpaired) electrons. The van der Waals surface area contributed by atoms with Gasteiger partial charge in [0.25, 0.3) is 0 Å². The van der Waals surface area contributed by atoms with Crippen molar-refractivity contribution >= 4 is 17.4 Å². The number of benzene rings is 2. The third-order valence-corrected chi connectivity index (χ3v) is 5.86. The third kappa shape index (κ3) is 4.77. The van der Waals surface area contributed by atoms with Crippen molar-refractivity contribution in [1.82, 2.24) is 10.1 Å². The molecule has 1 heterocycles. The van der Waals surface area contributed by atoms with Gasteiger partial charge in [0.1, 0.15) is 11.6 Å². The van der Waals surface area contributed by atoms with Crippen LogP contribution in [0.5, 0.6) is 0 Å². The largest absolute Gasteiger partial charge is 0.339 e. The van der Waals surface area contributed by atoms with Crippen molar-refractivity contribution in [2.24, 2.45) is 11.7 Å². The lowest BCUT2D eigenvalue weighted by atomic mass is 9.87. The number of halogens is 2. The molecule has 2 N–H and O–H groups in total. The monoisotopic (exact) mass is 427 g/mol. The van der Waals surface area contributed by atoms with Crippen molar-refractivity contribution in [2.45, 2.75) is 44.1 Å². The minimum absolute atomic E-state index is 0.120. The Labute approximate surface area is 179 Å². The number of nitrogens with zero attached hydrogens (tertiary/aromatic N) is 2. The molecule has 3 aromatic rings. The highest BCUT2D eigenvalue weighted by Gasteiger charge is 2.37. The van der Waals surface area contributed by atoms with Crippen LogP contribution in [0.3, 0.4) is 0 Å². The van der Waals surface area contributed by atoms with Gasteiger partial charge in [0.15, 0.2) is 0 Å². The molecule has 1 aliphatic carbocycles. The van der Waals surface area contributed by atoms with E-state index in [0.717, 1.165) is 24.8 Å². The van der Waals surface area contributed by atoms with Gasteiger partial charge in [-0.2, -0.15) is 4.98 Å². The molecule has 7 heteroatoms. The summed E-state index contributed by atoms with van der Waals surface area (Å²) in [7, 11) is 0. The molecule has 1 saturated carbocycles. The molecule has 0 spiro atoms. The zero-order valence-corrected chi connectivity index (χ0v) is 17.2. The molecule has 0 amide bonds. The van der Waals surface area contributed by atoms with E-state index in [1.807, 2.05) is 24.3 Å². The molecular formula is C23H23ClFN3O2. The van der Waals surface area contributed by atoms with E-state index in [1.165, 1.54) is 12.1 Å². The highest BCUT2D eigenvalue weighted by Crippen LogP contribution is 2.40. The maximum Gasteiger partial charge on any atom is 0.230 e. The Morgan fingerprint density at radius 2 is 2.07 bits per heavy atom. The summed E-state index contributed by atoms with van der Waals surface area (Å²) in [6.07, 6.45) is 3.39. The van der Waals surface area contributed by atoms with Gasteiger partial charge >= 0.3 is 0 Å². The SMILES string of the molecule is N[C@@H](CC(=O)C1CCC[C@H]1c1nc(-c2cccc(F)c2)no1)Cc1cccc(Cl)c1. The van der Waals surface area contributed by atoms with E-state index in [1.54, 1.807) is 12.1 Å². The first-order chi connectivity index (χ1) is 14.5. The van der Waals surface area contributed by atoms with E-state index in [2.05, 4.69) is 10.1 Å². The van der Waals surface area contributed by atoms with Crippen LogP contribution in [0.25, 0.3) is 11.4 Å². The molecule has 1 fully saturated rings. The lowest BCUT2D eigenvalue weighted by molar-refractivity contribution is -0.123. The number of carbonyl (C=O) groups excluding carboxylic acids is 1. The average molecular weight is 428 g/mol. The fraction of sp³-hybridized carbons (Fsp3) is 0.348. The highest BCUT2D eigenvalue weighted by molar-refractivity contribution is 6.30. The van der Waals surface area contributed by atoms with Gasteiger partial charge in [-0.15, -0.1) is 0 Å². The van der Waals surface area contributed by atoms with Crippen molar-refractivity contribution in [2.75, 3.05) is 0 Å². The predicted molar refractivity (Wildman–Crippen MR) is 113 cm³/mol. The Morgan fingerprint density at radius 1 is 1.23 bits per heavy atom. The van der Waals surface area contributed by atoms with E-state index < -0.39 is 0 Å². The molecule has 4 rings (SSSR count). The van der Waals surface area contributed by atoms with Crippen LogP contribution in [0.2, 0.25) is 5.02 Å². The summed E-state index contributed by atoms with van der Waals surface area (Å²) in [4.78, 5) is 17.4. The third-order valence-electron chi connectivity index (χ3n) is 5.62. The van der Waals surface area contributed by atoms with E-state index in [0.29, 0.717) is 35.1 Å². The van der Waals surface area contributed by atoms with Gasteiger partial charge in [-0.25, -0.2) is 4.39 Å². The number of nitrogens with two attached hydrogens (primary N) is 1. The maximum absolute atomic E-state index is 13.5. The zero-order valence-electron chi connectivity index (χ0n) is 16.4. The Kier molecular flexibility index (Phi) is 6.25. The molecule has 156 valence electrons. The van der Waals surface area contributed by atoms with Gasteiger partial charge in [-0.05, 0) is 49.1 Å². The minimum Gasteiger partial charge on any atom is -0.339 e. The molecule has 1 aliphatic rings. The first kappa shape index (κ1) is 20.7. The Bertz CT molecular complexity index is 1040. The number of hydrogen-bond donors (Lipinski definition) is 1. The highest BCUT2D eigenvalue weighted by atomic mass is 35.5. The van der Waals surface area contributed by atoms with Gasteiger partial charge in [0.05, 0.1) is 0 Å². The fourth-order valence-electron chi connectivity index (χ4n) is 4.22. The summed E-state index contributed by atoms with van der Waals surface area (Å²) in [5.74, 6) is 0.231. The average Bonchev–Trinajstić information content (AvgIpc) is 3.37. The lowest BCUT2D eigenvalue weighted by Gasteiger charge is -2.18. The molecule has 5 nitrogen and oxygen atoms in total. The number of Topliss-reactive ketones (excluding diaryl/α,β-unsaturated/α-hetero) is 1. The first-order valence-electron chi connectivity index (χ1n) is 10.1. The molecule has 0 saturated heterocycles. The summed E-state index contributed by atoms with van der Waals surface area (Å²) in [6.45, 7) is 0. The molecule has 2 aromatic carbocycles. The van der Waals surface area contributed by atoms with Crippen LogP contribution >= 0.6 is 11.6 Å². The fourth-order valence-corrected chi connectivity index (χ4v) is 4.43. The van der Waals surface area contributed by atoms with Crippen LogP contribution in [0.1, 0.15) is 43.1 Å². The first-order valence-corrected chi connectivity index (χ1v) is 10.5. The number of ketones is 1. The number of hydrogen-bond acceptors (Lipinski definition) is 5. The molecule has 0 aliphatic heterocycles. The van der Waals surface area contributed by atoms with Crippen molar-refractivity contribution in [3.63, 3.8) is 0 Å². The van der Waals surface area contributed by atoms with Gasteiger partial charge in [0.2, 0.25) is 11.7 Å². The maximum atomic E-state index is 13.5. The second-order valence-corrected chi connectivity index (χ2v) is 8.31. The number of rotatable bonds is 7. The normalized spacial score (nSPS) is 19.7. The van der Waals surface area contributed by atoms with Crippen LogP contribution < -0.4 is 5.73 Å². The summed E-state index contributed by atoms with van der Waals surface area (Å²) >= 11 is 6.03. The Hall–Kier alpha value is -2.57. The summed E-state index contributed by atoms with van der Waals surface area (Å²) in [6, 6.07) is 13.3. The smallest absolute Gasteiger partial charge is 0.230 e. The second kappa shape index (κ2) is 9.06. The van der Waals surface area contributed by atoms with Gasteiger partial charge < -0.3 is 10.3 Å². The molecule has 0 bridgehead atoms. The molecule has 3 atom stereocenters. The quantitative estimate of drug-likeness (QED) is 0.577. The minimum atomic E-state index is -0.360. The topological polar surface area (TPSA) is 82.0 Å². The summed E-state index contributed by atoms with van der Waals surface area (Å²) in [5, 5.41) is 4.65. The van der Waals surface area contributed by atoms with Crippen LogP contribution in [-0.4, -0.2) is 22.0 Å². The molecule has 1 unspecified atom stereocenters. The van der Waals surface area contributed by atoms with Crippen LogP contribution in [0, 0.1) is 11.7 Å². The van der Waals surface area contributed by atoms with Crippen molar-refractivity contribution in [3.05, 3.63) is 70.8 Å². The summed E-state index contributed by atoms with van der Waals surface area (Å²) < 4.78 is 18.9. The van der Waals surface area contributed by atoms with Gasteiger partial charge in [-0.1, -0.05) is 47.4 Å². The van der Waals surface area contributed by atoms with Gasteiger partial charge in [0, 0.05) is 34.9 Å². The van der Waals surface area contributed by atoms with E-state index in [4.69, 9.17) is 21.9 Å². The summed E-state index contributed by atoms with van der Waals surface area (Å²) in [5.41, 5.74) is 7.82. The van der Waals surface area contributed by atoms with E-state index in [-0.39, 0.29) is 29.5 Å². The molecule has 30 heavy (non-hydrogen) atoms. The predicted octanol–water partition coefficient (Wildman–Crippen LogP) is 4.94. The number of carbonyl (C=O) groups is 1. The van der Waals surface area contributed by atoms with Crippen LogP contribution in [-0.2, 0) is 11.2 Å². The van der Waals surface area contributed by atoms with Crippen LogP contribution in [0.15, 0.2) is 53.1 Å². The number of aromatic nitrogens is 2. The van der Waals surface area contributed by atoms with Crippen molar-refractivity contribution in [3.8, 4) is 11.4 Å². The van der Waals surface area contributed by atoms with Crippen molar-refractivity contribution < 1.29 is 13.7 Å². The Balaban J connectivity index is 1.42. The molecular weight excluding hydrogens is 405 g/mol. The Morgan fingerprint density at radius 3 is 2.87 bits per heavy atom. The van der Waals surface area contributed by atoms with Gasteiger partial charge in [-0.3, -0.25) is 4.79 Å². The lowest BCUT2D eigenvalue weighted by Crippen LogP contribution is -2.30. The zero-order chi connectivity index (χ0) is 21.1.